The number of hydrogen-bond donors (Lipinski definition) is 0. The van der Waals surface area contributed by atoms with Gasteiger partial charge in [-0.2, -0.15) is 0 Å². The molecule has 0 fully saturated rings. The van der Waals surface area contributed by atoms with Crippen LogP contribution in [0.5, 0.6) is 0 Å². The Bertz CT molecular complexity index is 3190. The number of para-hydroxylation sites is 1. The molecule has 1 heteroatoms. The number of fused-ring (bicyclic) bond motifs is 12. The molecule has 0 aliphatic heterocycles. The highest BCUT2D eigenvalue weighted by Crippen LogP contribution is 2.64. The molecule has 0 amide bonds. The minimum Gasteiger partial charge on any atom is -0.310 e. The molecule has 0 saturated carbocycles. The van der Waals surface area contributed by atoms with Crippen LogP contribution in [0.25, 0.3) is 55.3 Å². The summed E-state index contributed by atoms with van der Waals surface area (Å²) in [6.07, 6.45) is 2.31. The highest BCUT2D eigenvalue weighted by Gasteiger charge is 2.52. The van der Waals surface area contributed by atoms with E-state index in [1.54, 1.807) is 0 Å². The van der Waals surface area contributed by atoms with Gasteiger partial charge in [0, 0.05) is 16.9 Å². The van der Waals surface area contributed by atoms with Gasteiger partial charge in [-0.1, -0.05) is 185 Å². The zero-order chi connectivity index (χ0) is 41.8. The summed E-state index contributed by atoms with van der Waals surface area (Å²) in [5, 5.41) is 2.51. The van der Waals surface area contributed by atoms with Crippen molar-refractivity contribution in [3.05, 3.63) is 234 Å². The first-order chi connectivity index (χ1) is 30.2. The molecule has 3 aliphatic rings. The summed E-state index contributed by atoms with van der Waals surface area (Å²) in [7, 11) is 0. The van der Waals surface area contributed by atoms with Gasteiger partial charge < -0.3 is 4.90 Å². The molecule has 0 saturated heterocycles. The zero-order valence-corrected chi connectivity index (χ0v) is 35.9. The van der Waals surface area contributed by atoms with E-state index < -0.39 is 5.41 Å². The molecule has 3 aliphatic carbocycles. The van der Waals surface area contributed by atoms with Gasteiger partial charge in [0.05, 0.1) is 11.1 Å². The SMILES string of the molecule is CC1(C)CCC(C)(C)c2c(-c3cc4c(cc3N(c3ccccc3)c3ccc(-c5ccc6ccccc6c5)cc3)C3(c5ccccc5-c5ccccc53)c3ccccc3-4)cccc21. The first-order valence-electron chi connectivity index (χ1n) is 22.3. The van der Waals surface area contributed by atoms with Gasteiger partial charge in [-0.15, -0.1) is 0 Å². The van der Waals surface area contributed by atoms with Gasteiger partial charge >= 0.3 is 0 Å². The van der Waals surface area contributed by atoms with Crippen molar-refractivity contribution in [3.63, 3.8) is 0 Å². The molecule has 1 spiro atoms. The summed E-state index contributed by atoms with van der Waals surface area (Å²) < 4.78 is 0. The Kier molecular flexibility index (Phi) is 8.04. The van der Waals surface area contributed by atoms with E-state index in [4.69, 9.17) is 0 Å². The Morgan fingerprint density at radius 1 is 0.339 bits per heavy atom. The minimum absolute atomic E-state index is 0.000720. The van der Waals surface area contributed by atoms with Crippen LogP contribution in [0.15, 0.2) is 200 Å². The molecular weight excluding hydrogens is 747 g/mol. The molecule has 12 rings (SSSR count). The van der Waals surface area contributed by atoms with E-state index in [-0.39, 0.29) is 10.8 Å². The highest BCUT2D eigenvalue weighted by atomic mass is 15.1. The quantitative estimate of drug-likeness (QED) is 0.168. The third-order valence-corrected chi connectivity index (χ3v) is 14.7. The lowest BCUT2D eigenvalue weighted by Crippen LogP contribution is -2.34. The molecule has 1 nitrogen and oxygen atoms in total. The standard InChI is InChI=1S/C61H49N/c1-59(2)35-36-60(3,4)58-49(24-16-28-55(58)59)51-38-50-48-23-12-15-27-54(48)61(52-25-13-10-21-46(52)47-22-11-14-26-53(47)61)56(50)39-57(51)62(44-19-6-5-7-20-44)45-33-31-41(32-34-45)43-30-29-40-17-8-9-18-42(40)37-43/h5-34,37-39H,35-36H2,1-4H3. The topological polar surface area (TPSA) is 3.24 Å². The third-order valence-electron chi connectivity index (χ3n) is 14.7. The van der Waals surface area contributed by atoms with Crippen LogP contribution >= 0.6 is 0 Å². The van der Waals surface area contributed by atoms with Gasteiger partial charge in [0.25, 0.3) is 0 Å². The van der Waals surface area contributed by atoms with Gasteiger partial charge in [0.2, 0.25) is 0 Å². The van der Waals surface area contributed by atoms with Gasteiger partial charge in [-0.05, 0) is 149 Å². The fourth-order valence-corrected chi connectivity index (χ4v) is 11.7. The molecule has 0 aromatic heterocycles. The first-order valence-corrected chi connectivity index (χ1v) is 22.3. The lowest BCUT2D eigenvalue weighted by molar-refractivity contribution is 0.333. The smallest absolute Gasteiger partial charge is 0.0726 e. The van der Waals surface area contributed by atoms with E-state index >= 15 is 0 Å². The maximum atomic E-state index is 2.59. The molecule has 0 N–H and O–H groups in total. The van der Waals surface area contributed by atoms with Crippen molar-refractivity contribution >= 4 is 27.8 Å². The summed E-state index contributed by atoms with van der Waals surface area (Å²) in [6.45, 7) is 9.82. The largest absolute Gasteiger partial charge is 0.310 e. The lowest BCUT2D eigenvalue weighted by Gasteiger charge is -2.43. The molecule has 0 unspecified atom stereocenters. The van der Waals surface area contributed by atoms with E-state index in [1.165, 1.54) is 101 Å². The number of anilines is 3. The van der Waals surface area contributed by atoms with Crippen LogP contribution in [0.1, 0.15) is 73.9 Å². The van der Waals surface area contributed by atoms with Gasteiger partial charge in [0.1, 0.15) is 0 Å². The average Bonchev–Trinajstić information content (AvgIpc) is 3.77. The van der Waals surface area contributed by atoms with E-state index in [9.17, 15) is 0 Å². The van der Waals surface area contributed by atoms with Crippen molar-refractivity contribution in [2.75, 3.05) is 4.90 Å². The lowest BCUT2D eigenvalue weighted by atomic mass is 9.61. The average molecular weight is 796 g/mol. The Morgan fingerprint density at radius 3 is 1.53 bits per heavy atom. The second kappa shape index (κ2) is 13.5. The van der Waals surface area contributed by atoms with Crippen molar-refractivity contribution in [2.45, 2.75) is 56.8 Å². The number of rotatable bonds is 5. The van der Waals surface area contributed by atoms with E-state index in [0.717, 1.165) is 17.8 Å². The summed E-state index contributed by atoms with van der Waals surface area (Å²) in [4.78, 5) is 2.53. The predicted molar refractivity (Wildman–Crippen MR) is 261 cm³/mol. The highest BCUT2D eigenvalue weighted by molar-refractivity contribution is 6.01. The second-order valence-corrected chi connectivity index (χ2v) is 19.1. The normalized spacial score (nSPS) is 15.7. The minimum atomic E-state index is -0.466. The molecule has 62 heavy (non-hydrogen) atoms. The molecular formula is C61H49N. The van der Waals surface area contributed by atoms with Crippen LogP contribution in [0.2, 0.25) is 0 Å². The molecule has 0 radical (unpaired) electrons. The Labute approximate surface area is 366 Å². The molecule has 298 valence electrons. The van der Waals surface area contributed by atoms with E-state index in [2.05, 4.69) is 233 Å². The van der Waals surface area contributed by atoms with Crippen LogP contribution in [-0.4, -0.2) is 0 Å². The number of hydrogen-bond acceptors (Lipinski definition) is 1. The molecule has 0 bridgehead atoms. The Hall–Kier alpha value is -6.96. The molecule has 0 atom stereocenters. The molecule has 9 aromatic rings. The van der Waals surface area contributed by atoms with Gasteiger partial charge in [0.15, 0.2) is 0 Å². The predicted octanol–water partition coefficient (Wildman–Crippen LogP) is 16.3. The van der Waals surface area contributed by atoms with Crippen LogP contribution in [0, 0.1) is 0 Å². The monoisotopic (exact) mass is 795 g/mol. The Morgan fingerprint density at radius 2 is 0.855 bits per heavy atom. The first kappa shape index (κ1) is 36.9. The summed E-state index contributed by atoms with van der Waals surface area (Å²) in [5.74, 6) is 0. The van der Waals surface area contributed by atoms with Crippen molar-refractivity contribution in [2.24, 2.45) is 0 Å². The van der Waals surface area contributed by atoms with Crippen LogP contribution in [0.3, 0.4) is 0 Å². The Balaban J connectivity index is 1.17. The van der Waals surface area contributed by atoms with Crippen molar-refractivity contribution in [1.82, 2.24) is 0 Å². The maximum Gasteiger partial charge on any atom is 0.0726 e. The maximum absolute atomic E-state index is 2.59. The molecule has 9 aromatic carbocycles. The van der Waals surface area contributed by atoms with Crippen LogP contribution in [0.4, 0.5) is 17.1 Å². The van der Waals surface area contributed by atoms with Crippen LogP contribution in [-0.2, 0) is 16.2 Å². The van der Waals surface area contributed by atoms with Gasteiger partial charge in [-0.25, -0.2) is 0 Å². The fraction of sp³-hybridized carbons (Fsp3) is 0.148. The van der Waals surface area contributed by atoms with E-state index in [0.29, 0.717) is 0 Å². The van der Waals surface area contributed by atoms with Gasteiger partial charge in [-0.3, -0.25) is 0 Å². The summed E-state index contributed by atoms with van der Waals surface area (Å²) in [5.41, 5.74) is 21.7. The zero-order valence-electron chi connectivity index (χ0n) is 35.9. The van der Waals surface area contributed by atoms with Crippen molar-refractivity contribution in [3.8, 4) is 44.5 Å². The number of nitrogens with zero attached hydrogens (tertiary/aromatic N) is 1. The second-order valence-electron chi connectivity index (χ2n) is 19.1. The van der Waals surface area contributed by atoms with Crippen LogP contribution < -0.4 is 4.90 Å². The van der Waals surface area contributed by atoms with E-state index in [1.807, 2.05) is 0 Å². The third kappa shape index (κ3) is 5.27. The number of benzene rings is 9. The molecule has 0 heterocycles. The summed E-state index contributed by atoms with van der Waals surface area (Å²) in [6, 6.07) is 75.5. The summed E-state index contributed by atoms with van der Waals surface area (Å²) >= 11 is 0. The fourth-order valence-electron chi connectivity index (χ4n) is 11.7. The van der Waals surface area contributed by atoms with Crippen molar-refractivity contribution in [1.29, 1.82) is 0 Å². The van der Waals surface area contributed by atoms with Crippen molar-refractivity contribution < 1.29 is 0 Å².